The molecule has 0 saturated carbocycles. The van der Waals surface area contributed by atoms with Crippen LogP contribution in [0.1, 0.15) is 15.9 Å². The van der Waals surface area contributed by atoms with Crippen molar-refractivity contribution in [2.45, 2.75) is 17.9 Å². The normalized spacial score (nSPS) is 16.3. The first-order chi connectivity index (χ1) is 8.40. The highest BCUT2D eigenvalue weighted by Gasteiger charge is 2.27. The zero-order valence-electron chi connectivity index (χ0n) is 9.71. The monoisotopic (exact) mass is 271 g/mol. The van der Waals surface area contributed by atoms with Crippen LogP contribution in [0, 0.1) is 6.92 Å². The lowest BCUT2D eigenvalue weighted by Gasteiger charge is -2.26. The van der Waals surface area contributed by atoms with E-state index in [1.54, 1.807) is 6.92 Å². The van der Waals surface area contributed by atoms with E-state index in [0.717, 1.165) is 0 Å². The third kappa shape index (κ3) is 2.53. The van der Waals surface area contributed by atoms with Crippen molar-refractivity contribution < 1.29 is 23.1 Å². The maximum atomic E-state index is 12.1. The van der Waals surface area contributed by atoms with Crippen LogP contribution in [0.3, 0.4) is 0 Å². The molecule has 98 valence electrons. The van der Waals surface area contributed by atoms with Crippen LogP contribution in [0.4, 0.5) is 0 Å². The van der Waals surface area contributed by atoms with Crippen LogP contribution in [-0.2, 0) is 14.8 Å². The molecule has 0 atom stereocenters. The van der Waals surface area contributed by atoms with Crippen molar-refractivity contribution in [3.63, 3.8) is 0 Å². The van der Waals surface area contributed by atoms with E-state index in [9.17, 15) is 13.2 Å². The molecule has 1 aliphatic rings. The van der Waals surface area contributed by atoms with Gasteiger partial charge in [0.2, 0.25) is 10.0 Å². The quantitative estimate of drug-likeness (QED) is 0.825. The number of ether oxygens (including phenoxy) is 1. The van der Waals surface area contributed by atoms with Crippen molar-refractivity contribution in [2.24, 2.45) is 0 Å². The topological polar surface area (TPSA) is 92.7 Å². The molecule has 1 fully saturated rings. The van der Waals surface area contributed by atoms with Crippen LogP contribution in [0.2, 0.25) is 0 Å². The lowest BCUT2D eigenvalue weighted by atomic mass is 10.1. The van der Waals surface area contributed by atoms with Crippen molar-refractivity contribution in [1.82, 2.24) is 4.72 Å². The van der Waals surface area contributed by atoms with Gasteiger partial charge in [-0.05, 0) is 24.6 Å². The molecule has 1 heterocycles. The number of sulfonamides is 1. The smallest absolute Gasteiger partial charge is 0.335 e. The number of hydrogen-bond donors (Lipinski definition) is 2. The van der Waals surface area contributed by atoms with Gasteiger partial charge in [0.05, 0.1) is 29.7 Å². The van der Waals surface area contributed by atoms with Gasteiger partial charge in [-0.25, -0.2) is 17.9 Å². The van der Waals surface area contributed by atoms with E-state index >= 15 is 0 Å². The standard InChI is InChI=1S/C11H13NO5S/c1-7-2-3-8(11(13)14)4-10(7)18(15,16)12-9-5-17-6-9/h2-4,9,12H,5-6H2,1H3,(H,13,14). The third-order valence-corrected chi connectivity index (χ3v) is 4.35. The van der Waals surface area contributed by atoms with Crippen molar-refractivity contribution in [3.8, 4) is 0 Å². The zero-order valence-corrected chi connectivity index (χ0v) is 10.5. The highest BCUT2D eigenvalue weighted by atomic mass is 32.2. The number of nitrogens with one attached hydrogen (secondary N) is 1. The summed E-state index contributed by atoms with van der Waals surface area (Å²) in [4.78, 5) is 10.8. The Morgan fingerprint density at radius 1 is 1.44 bits per heavy atom. The Hall–Kier alpha value is -1.44. The first-order valence-corrected chi connectivity index (χ1v) is 6.82. The fraction of sp³-hybridized carbons (Fsp3) is 0.364. The summed E-state index contributed by atoms with van der Waals surface area (Å²) in [7, 11) is -3.70. The minimum Gasteiger partial charge on any atom is -0.478 e. The molecule has 6 nitrogen and oxygen atoms in total. The van der Waals surface area contributed by atoms with Crippen LogP contribution in [0.5, 0.6) is 0 Å². The molecular formula is C11H13NO5S. The minimum atomic E-state index is -3.70. The molecule has 0 aliphatic carbocycles. The number of carboxylic acids is 1. The van der Waals surface area contributed by atoms with Crippen molar-refractivity contribution in [3.05, 3.63) is 29.3 Å². The number of hydrogen-bond acceptors (Lipinski definition) is 4. The van der Waals surface area contributed by atoms with Gasteiger partial charge in [-0.1, -0.05) is 6.07 Å². The molecule has 0 unspecified atom stereocenters. The lowest BCUT2D eigenvalue weighted by molar-refractivity contribution is 0.00481. The first-order valence-electron chi connectivity index (χ1n) is 5.34. The highest BCUT2D eigenvalue weighted by Crippen LogP contribution is 2.18. The molecule has 0 spiro atoms. The maximum absolute atomic E-state index is 12.1. The molecule has 1 aromatic rings. The summed E-state index contributed by atoms with van der Waals surface area (Å²) in [5.41, 5.74) is 0.457. The van der Waals surface area contributed by atoms with E-state index in [1.807, 2.05) is 0 Å². The van der Waals surface area contributed by atoms with Gasteiger partial charge in [0.1, 0.15) is 0 Å². The maximum Gasteiger partial charge on any atom is 0.335 e. The molecule has 1 aliphatic heterocycles. The first kappa shape index (κ1) is 13.0. The van der Waals surface area contributed by atoms with E-state index in [4.69, 9.17) is 9.84 Å². The Morgan fingerprint density at radius 3 is 2.61 bits per heavy atom. The average Bonchev–Trinajstić information content (AvgIpc) is 2.24. The summed E-state index contributed by atoms with van der Waals surface area (Å²) in [5, 5.41) is 8.87. The highest BCUT2D eigenvalue weighted by molar-refractivity contribution is 7.89. The molecule has 1 saturated heterocycles. The molecule has 7 heteroatoms. The lowest BCUT2D eigenvalue weighted by Crippen LogP contribution is -2.48. The fourth-order valence-corrected chi connectivity index (χ4v) is 3.09. The van der Waals surface area contributed by atoms with Crippen LogP contribution in [0.15, 0.2) is 23.1 Å². The molecule has 2 rings (SSSR count). The number of carboxylic acid groups (broad SMARTS) is 1. The molecule has 1 aromatic carbocycles. The Labute approximate surface area is 105 Å². The minimum absolute atomic E-state index is 0.00528. The van der Waals surface area contributed by atoms with Gasteiger partial charge in [-0.3, -0.25) is 0 Å². The third-order valence-electron chi connectivity index (χ3n) is 2.68. The number of benzene rings is 1. The SMILES string of the molecule is Cc1ccc(C(=O)O)cc1S(=O)(=O)NC1COC1. The summed E-state index contributed by atoms with van der Waals surface area (Å²) in [6.45, 7) is 2.31. The van der Waals surface area contributed by atoms with Gasteiger partial charge in [0, 0.05) is 0 Å². The van der Waals surface area contributed by atoms with Crippen molar-refractivity contribution in [2.75, 3.05) is 13.2 Å². The van der Waals surface area contributed by atoms with Gasteiger partial charge in [0.25, 0.3) is 0 Å². The summed E-state index contributed by atoms with van der Waals surface area (Å²) >= 11 is 0. The largest absolute Gasteiger partial charge is 0.478 e. The molecule has 0 amide bonds. The van der Waals surface area contributed by atoms with Crippen LogP contribution in [-0.4, -0.2) is 38.7 Å². The van der Waals surface area contributed by atoms with E-state index in [-0.39, 0.29) is 16.5 Å². The predicted molar refractivity (Wildman–Crippen MR) is 63.1 cm³/mol. The molecule has 2 N–H and O–H groups in total. The molecule has 18 heavy (non-hydrogen) atoms. The van der Waals surface area contributed by atoms with Gasteiger partial charge in [0.15, 0.2) is 0 Å². The zero-order chi connectivity index (χ0) is 13.3. The molecular weight excluding hydrogens is 258 g/mol. The second kappa shape index (κ2) is 4.68. The molecule has 0 radical (unpaired) electrons. The van der Waals surface area contributed by atoms with Crippen molar-refractivity contribution in [1.29, 1.82) is 0 Å². The summed E-state index contributed by atoms with van der Waals surface area (Å²) in [6, 6.07) is 3.79. The number of aromatic carboxylic acids is 1. The van der Waals surface area contributed by atoms with Crippen LogP contribution in [0.25, 0.3) is 0 Å². The Balaban J connectivity index is 2.35. The fourth-order valence-electron chi connectivity index (χ4n) is 1.61. The van der Waals surface area contributed by atoms with E-state index in [2.05, 4.69) is 4.72 Å². The summed E-state index contributed by atoms with van der Waals surface area (Å²) < 4.78 is 31.5. The molecule has 0 bridgehead atoms. The Bertz CT molecular complexity index is 577. The number of carbonyl (C=O) groups is 1. The van der Waals surface area contributed by atoms with Crippen LogP contribution < -0.4 is 4.72 Å². The van der Waals surface area contributed by atoms with E-state index in [1.165, 1.54) is 18.2 Å². The van der Waals surface area contributed by atoms with Gasteiger partial charge >= 0.3 is 5.97 Å². The molecule has 0 aromatic heterocycles. The van der Waals surface area contributed by atoms with Crippen LogP contribution >= 0.6 is 0 Å². The average molecular weight is 271 g/mol. The van der Waals surface area contributed by atoms with Crippen molar-refractivity contribution >= 4 is 16.0 Å². The van der Waals surface area contributed by atoms with Gasteiger partial charge < -0.3 is 9.84 Å². The predicted octanol–water partition coefficient (Wildman–Crippen LogP) is 0.370. The second-order valence-corrected chi connectivity index (χ2v) is 5.82. The Kier molecular flexibility index (Phi) is 3.38. The van der Waals surface area contributed by atoms with E-state index < -0.39 is 16.0 Å². The van der Waals surface area contributed by atoms with E-state index in [0.29, 0.717) is 18.8 Å². The Morgan fingerprint density at radius 2 is 2.11 bits per heavy atom. The summed E-state index contributed by atoms with van der Waals surface area (Å²) in [6.07, 6.45) is 0. The summed E-state index contributed by atoms with van der Waals surface area (Å²) in [5.74, 6) is -1.15. The number of aryl methyl sites for hydroxylation is 1. The van der Waals surface area contributed by atoms with Gasteiger partial charge in [-0.2, -0.15) is 0 Å². The second-order valence-electron chi connectivity index (χ2n) is 4.14. The number of rotatable bonds is 4. The van der Waals surface area contributed by atoms with Gasteiger partial charge in [-0.15, -0.1) is 0 Å².